The summed E-state index contributed by atoms with van der Waals surface area (Å²) in [5.74, 6) is 1.11. The quantitative estimate of drug-likeness (QED) is 0.847. The van der Waals surface area contributed by atoms with Gasteiger partial charge < -0.3 is 15.6 Å². The number of hydrogen-bond acceptors (Lipinski definition) is 3. The van der Waals surface area contributed by atoms with E-state index >= 15 is 0 Å². The second-order valence-electron chi connectivity index (χ2n) is 6.33. The van der Waals surface area contributed by atoms with Crippen LogP contribution in [0.4, 0.5) is 0 Å². The van der Waals surface area contributed by atoms with Crippen LogP contribution in [0, 0.1) is 0 Å². The molecule has 1 aromatic rings. The highest BCUT2D eigenvalue weighted by Crippen LogP contribution is 2.46. The number of nitrogens with two attached hydrogens (primary N) is 1. The predicted molar refractivity (Wildman–Crippen MR) is 73.1 cm³/mol. The van der Waals surface area contributed by atoms with E-state index in [1.165, 1.54) is 0 Å². The van der Waals surface area contributed by atoms with Crippen LogP contribution in [-0.2, 0) is 11.0 Å². The summed E-state index contributed by atoms with van der Waals surface area (Å²) >= 11 is 0. The highest BCUT2D eigenvalue weighted by atomic mass is 16.5. The van der Waals surface area contributed by atoms with Crippen LogP contribution < -0.4 is 10.5 Å². The van der Waals surface area contributed by atoms with Gasteiger partial charge in [-0.05, 0) is 36.8 Å². The van der Waals surface area contributed by atoms with Gasteiger partial charge in [-0.3, -0.25) is 0 Å². The van der Waals surface area contributed by atoms with Crippen molar-refractivity contribution in [3.63, 3.8) is 0 Å². The minimum atomic E-state index is -0.320. The Morgan fingerprint density at radius 3 is 2.28 bits per heavy atom. The molecule has 0 heterocycles. The summed E-state index contributed by atoms with van der Waals surface area (Å²) in [6.07, 6.45) is 3.05. The molecule has 18 heavy (non-hydrogen) atoms. The Morgan fingerprint density at radius 2 is 1.89 bits per heavy atom. The van der Waals surface area contributed by atoms with Crippen molar-refractivity contribution in [3.05, 3.63) is 23.3 Å². The number of ether oxygens (including phenoxy) is 1. The molecular weight excluding hydrogens is 226 g/mol. The summed E-state index contributed by atoms with van der Waals surface area (Å²) in [7, 11) is 1.66. The zero-order valence-electron chi connectivity index (χ0n) is 11.7. The normalized spacial score (nSPS) is 18.3. The van der Waals surface area contributed by atoms with Crippen molar-refractivity contribution in [2.75, 3.05) is 7.11 Å². The minimum Gasteiger partial charge on any atom is -0.508 e. The molecule has 1 aliphatic carbocycles. The minimum absolute atomic E-state index is 0.114. The summed E-state index contributed by atoms with van der Waals surface area (Å²) < 4.78 is 5.47. The largest absolute Gasteiger partial charge is 0.508 e. The molecule has 3 N–H and O–H groups in total. The van der Waals surface area contributed by atoms with Gasteiger partial charge in [-0.1, -0.05) is 20.8 Å². The second-order valence-corrected chi connectivity index (χ2v) is 6.33. The topological polar surface area (TPSA) is 55.5 Å². The molecule has 0 aliphatic heterocycles. The van der Waals surface area contributed by atoms with Crippen LogP contribution in [0.2, 0.25) is 0 Å². The monoisotopic (exact) mass is 249 g/mol. The van der Waals surface area contributed by atoms with E-state index in [1.54, 1.807) is 13.2 Å². The van der Waals surface area contributed by atoms with Crippen molar-refractivity contribution in [2.24, 2.45) is 5.73 Å². The van der Waals surface area contributed by atoms with E-state index in [9.17, 15) is 5.11 Å². The number of aromatic hydroxyl groups is 1. The van der Waals surface area contributed by atoms with Gasteiger partial charge in [0.2, 0.25) is 0 Å². The van der Waals surface area contributed by atoms with Gasteiger partial charge in [0.1, 0.15) is 11.5 Å². The highest BCUT2D eigenvalue weighted by molar-refractivity contribution is 5.51. The highest BCUT2D eigenvalue weighted by Gasteiger charge is 2.38. The van der Waals surface area contributed by atoms with E-state index in [0.29, 0.717) is 5.75 Å². The fraction of sp³-hybridized carbons (Fsp3) is 0.600. The van der Waals surface area contributed by atoms with Crippen LogP contribution in [0.3, 0.4) is 0 Å². The predicted octanol–water partition coefficient (Wildman–Crippen LogP) is 3.04. The van der Waals surface area contributed by atoms with Crippen molar-refractivity contribution in [2.45, 2.75) is 51.0 Å². The molecule has 1 aliphatic rings. The van der Waals surface area contributed by atoms with Crippen molar-refractivity contribution < 1.29 is 9.84 Å². The van der Waals surface area contributed by atoms with Crippen molar-refractivity contribution >= 4 is 0 Å². The van der Waals surface area contributed by atoms with Gasteiger partial charge in [0.25, 0.3) is 0 Å². The molecule has 0 saturated heterocycles. The molecule has 1 aromatic carbocycles. The van der Waals surface area contributed by atoms with Crippen molar-refractivity contribution in [1.29, 1.82) is 0 Å². The Labute approximate surface area is 109 Å². The zero-order chi connectivity index (χ0) is 13.6. The smallest absolute Gasteiger partial charge is 0.124 e. The van der Waals surface area contributed by atoms with Crippen LogP contribution >= 0.6 is 0 Å². The molecule has 3 heteroatoms. The lowest BCUT2D eigenvalue weighted by Gasteiger charge is -2.40. The Kier molecular flexibility index (Phi) is 3.06. The molecular formula is C15H23NO2. The Morgan fingerprint density at radius 1 is 1.28 bits per heavy atom. The third-order valence-electron chi connectivity index (χ3n) is 3.91. The lowest BCUT2D eigenvalue weighted by atomic mass is 9.71. The molecule has 2 rings (SSSR count). The number of rotatable bonds is 2. The van der Waals surface area contributed by atoms with E-state index in [2.05, 4.69) is 20.8 Å². The van der Waals surface area contributed by atoms with Gasteiger partial charge in [0, 0.05) is 16.7 Å². The molecule has 1 fully saturated rings. The molecule has 1 saturated carbocycles. The van der Waals surface area contributed by atoms with Crippen LogP contribution in [0.25, 0.3) is 0 Å². The average Bonchev–Trinajstić information content (AvgIpc) is 2.24. The molecule has 0 spiro atoms. The number of methoxy groups -OCH3 is 1. The van der Waals surface area contributed by atoms with Gasteiger partial charge in [-0.2, -0.15) is 0 Å². The first-order chi connectivity index (χ1) is 8.28. The number of phenols is 1. The Bertz CT molecular complexity index is 456. The van der Waals surface area contributed by atoms with Crippen LogP contribution in [-0.4, -0.2) is 12.2 Å². The standard InChI is InChI=1S/C15H23NO2/c1-14(2,3)10-9-13(18-4)11(8-12(10)17)15(16)6-5-7-15/h8-9,17H,5-7,16H2,1-4H3. The Hall–Kier alpha value is -1.22. The second kappa shape index (κ2) is 4.16. The molecule has 100 valence electrons. The van der Waals surface area contributed by atoms with Gasteiger partial charge >= 0.3 is 0 Å². The molecule has 0 aromatic heterocycles. The van der Waals surface area contributed by atoms with Gasteiger partial charge in [-0.15, -0.1) is 0 Å². The lowest BCUT2D eigenvalue weighted by molar-refractivity contribution is 0.242. The van der Waals surface area contributed by atoms with E-state index in [-0.39, 0.29) is 11.0 Å². The number of hydrogen-bond donors (Lipinski definition) is 2. The van der Waals surface area contributed by atoms with Gasteiger partial charge in [0.15, 0.2) is 0 Å². The lowest BCUT2D eigenvalue weighted by Crippen LogP contribution is -2.43. The SMILES string of the molecule is COc1cc(C(C)(C)C)c(O)cc1C1(N)CCC1. The van der Waals surface area contributed by atoms with E-state index < -0.39 is 0 Å². The van der Waals surface area contributed by atoms with Gasteiger partial charge in [-0.25, -0.2) is 0 Å². The van der Waals surface area contributed by atoms with Crippen LogP contribution in [0.15, 0.2) is 12.1 Å². The zero-order valence-corrected chi connectivity index (χ0v) is 11.7. The maximum Gasteiger partial charge on any atom is 0.124 e. The number of phenolic OH excluding ortho intramolecular Hbond substituents is 1. The Balaban J connectivity index is 2.53. The fourth-order valence-electron chi connectivity index (χ4n) is 2.55. The maximum atomic E-state index is 10.2. The first-order valence-electron chi connectivity index (χ1n) is 6.49. The van der Waals surface area contributed by atoms with E-state index in [0.717, 1.165) is 36.1 Å². The summed E-state index contributed by atoms with van der Waals surface area (Å²) in [6, 6.07) is 3.72. The van der Waals surface area contributed by atoms with Gasteiger partial charge in [0.05, 0.1) is 7.11 Å². The van der Waals surface area contributed by atoms with E-state index in [1.807, 2.05) is 6.07 Å². The average molecular weight is 249 g/mol. The van der Waals surface area contributed by atoms with E-state index in [4.69, 9.17) is 10.5 Å². The first-order valence-corrected chi connectivity index (χ1v) is 6.49. The fourth-order valence-corrected chi connectivity index (χ4v) is 2.55. The third-order valence-corrected chi connectivity index (χ3v) is 3.91. The van der Waals surface area contributed by atoms with Crippen LogP contribution in [0.1, 0.15) is 51.2 Å². The maximum absolute atomic E-state index is 10.2. The molecule has 0 bridgehead atoms. The summed E-state index contributed by atoms with van der Waals surface area (Å²) in [5, 5.41) is 10.2. The first kappa shape index (κ1) is 13.2. The summed E-state index contributed by atoms with van der Waals surface area (Å²) in [5.41, 5.74) is 7.73. The molecule has 0 unspecified atom stereocenters. The molecule has 0 atom stereocenters. The third kappa shape index (κ3) is 2.07. The molecule has 0 radical (unpaired) electrons. The summed E-state index contributed by atoms with van der Waals surface area (Å²) in [4.78, 5) is 0. The van der Waals surface area contributed by atoms with Crippen molar-refractivity contribution in [1.82, 2.24) is 0 Å². The number of benzene rings is 1. The summed E-state index contributed by atoms with van der Waals surface area (Å²) in [6.45, 7) is 6.22. The molecule has 0 amide bonds. The molecule has 3 nitrogen and oxygen atoms in total. The van der Waals surface area contributed by atoms with Crippen LogP contribution in [0.5, 0.6) is 11.5 Å². The van der Waals surface area contributed by atoms with Crippen molar-refractivity contribution in [3.8, 4) is 11.5 Å².